The highest BCUT2D eigenvalue weighted by atomic mass is 16.5. The Hall–Kier alpha value is -1.14. The van der Waals surface area contributed by atoms with Crippen molar-refractivity contribution >= 4 is 11.9 Å². The van der Waals surface area contributed by atoms with E-state index in [1.165, 1.54) is 7.11 Å². The first-order valence-electron chi connectivity index (χ1n) is 6.07. The second-order valence-electron chi connectivity index (χ2n) is 3.72. The van der Waals surface area contributed by atoms with Crippen molar-refractivity contribution in [3.05, 3.63) is 0 Å². The highest BCUT2D eigenvalue weighted by Crippen LogP contribution is 1.96. The van der Waals surface area contributed by atoms with Gasteiger partial charge in [0.1, 0.15) is 6.61 Å². The average Bonchev–Trinajstić information content (AvgIpc) is 2.39. The summed E-state index contributed by atoms with van der Waals surface area (Å²) in [7, 11) is 2.95. The summed E-state index contributed by atoms with van der Waals surface area (Å²) in [6, 6.07) is 0. The molecule has 0 aromatic rings. The van der Waals surface area contributed by atoms with E-state index in [4.69, 9.17) is 9.47 Å². The van der Waals surface area contributed by atoms with E-state index in [9.17, 15) is 9.59 Å². The Morgan fingerprint density at radius 2 is 1.61 bits per heavy atom. The van der Waals surface area contributed by atoms with Crippen LogP contribution in [0.4, 0.5) is 0 Å². The molecule has 0 aliphatic rings. The first-order valence-corrected chi connectivity index (χ1v) is 6.07. The summed E-state index contributed by atoms with van der Waals surface area (Å²) in [6.07, 6.45) is 0.132. The summed E-state index contributed by atoms with van der Waals surface area (Å²) in [5.74, 6) is -0.773. The molecule has 0 saturated carbocycles. The van der Waals surface area contributed by atoms with Crippen LogP contribution in [0.25, 0.3) is 0 Å². The number of rotatable bonds is 10. The summed E-state index contributed by atoms with van der Waals surface area (Å²) in [5.41, 5.74) is 0. The maximum atomic E-state index is 11.3. The minimum absolute atomic E-state index is 0.0660. The minimum atomic E-state index is -0.401. The van der Waals surface area contributed by atoms with Crippen LogP contribution < -0.4 is 0 Å². The quantitative estimate of drug-likeness (QED) is 0.532. The van der Waals surface area contributed by atoms with Crippen molar-refractivity contribution < 1.29 is 23.8 Å². The molecule has 0 N–H and O–H groups in total. The van der Waals surface area contributed by atoms with Crippen molar-refractivity contribution in [1.82, 2.24) is 4.90 Å². The van der Waals surface area contributed by atoms with Gasteiger partial charge in [-0.2, -0.15) is 0 Å². The van der Waals surface area contributed by atoms with Crippen LogP contribution in [-0.2, 0) is 23.8 Å². The van der Waals surface area contributed by atoms with Crippen LogP contribution in [-0.4, -0.2) is 63.9 Å². The fourth-order valence-corrected chi connectivity index (χ4v) is 1.32. The number of hydrogen-bond acceptors (Lipinski definition) is 6. The number of carbonyl (C=O) groups is 2. The van der Waals surface area contributed by atoms with Gasteiger partial charge in [-0.05, 0) is 6.54 Å². The molecule has 0 atom stereocenters. The van der Waals surface area contributed by atoms with Crippen molar-refractivity contribution in [3.63, 3.8) is 0 Å². The monoisotopic (exact) mass is 261 g/mol. The van der Waals surface area contributed by atoms with Gasteiger partial charge in [0.05, 0.1) is 26.6 Å². The predicted octanol–water partition coefficient (Wildman–Crippen LogP) is 0.451. The van der Waals surface area contributed by atoms with Crippen LogP contribution in [0.3, 0.4) is 0 Å². The van der Waals surface area contributed by atoms with E-state index in [1.54, 1.807) is 7.11 Å². The molecule has 0 radical (unpaired) electrons. The van der Waals surface area contributed by atoms with Gasteiger partial charge >= 0.3 is 11.9 Å². The second kappa shape index (κ2) is 11.0. The molecule has 0 unspecified atom stereocenters. The molecular formula is C12H23NO5. The third-order valence-electron chi connectivity index (χ3n) is 2.49. The van der Waals surface area contributed by atoms with Crippen molar-refractivity contribution in [2.24, 2.45) is 0 Å². The molecule has 0 amide bonds. The number of methoxy groups -OCH3 is 2. The highest BCUT2D eigenvalue weighted by Gasteiger charge is 2.08. The number of esters is 2. The van der Waals surface area contributed by atoms with E-state index in [1.807, 2.05) is 6.92 Å². The molecule has 0 aromatic carbocycles. The maximum absolute atomic E-state index is 11.3. The molecule has 0 saturated heterocycles. The van der Waals surface area contributed by atoms with E-state index in [-0.39, 0.29) is 18.8 Å². The van der Waals surface area contributed by atoms with Crippen LogP contribution in [0.1, 0.15) is 19.8 Å². The van der Waals surface area contributed by atoms with Crippen LogP contribution in [0.2, 0.25) is 0 Å². The largest absolute Gasteiger partial charge is 0.469 e. The Balaban J connectivity index is 3.62. The molecule has 18 heavy (non-hydrogen) atoms. The normalized spacial score (nSPS) is 10.4. The van der Waals surface area contributed by atoms with E-state index in [0.717, 1.165) is 13.1 Å². The molecule has 0 rings (SSSR count). The van der Waals surface area contributed by atoms with E-state index in [2.05, 4.69) is 9.64 Å². The maximum Gasteiger partial charge on any atom is 0.306 e. The summed E-state index contributed by atoms with van der Waals surface area (Å²) in [4.78, 5) is 24.2. The molecular weight excluding hydrogens is 238 g/mol. The number of likely N-dealkylation sites (N-methyl/N-ethyl adjacent to an activating group) is 1. The predicted molar refractivity (Wildman–Crippen MR) is 66.2 cm³/mol. The van der Waals surface area contributed by atoms with Gasteiger partial charge in [-0.1, -0.05) is 6.92 Å². The first-order chi connectivity index (χ1) is 8.63. The van der Waals surface area contributed by atoms with Gasteiger partial charge in [0, 0.05) is 20.2 Å². The molecule has 0 aliphatic carbocycles. The molecule has 6 heteroatoms. The zero-order valence-corrected chi connectivity index (χ0v) is 11.4. The van der Waals surface area contributed by atoms with E-state index >= 15 is 0 Å². The molecule has 0 heterocycles. The summed E-state index contributed by atoms with van der Waals surface area (Å²) in [6.45, 7) is 5.38. The molecule has 0 bridgehead atoms. The lowest BCUT2D eigenvalue weighted by Gasteiger charge is -2.19. The van der Waals surface area contributed by atoms with Gasteiger partial charge in [-0.3, -0.25) is 14.5 Å². The third kappa shape index (κ3) is 8.95. The standard InChI is InChI=1S/C12H23NO5/c1-4-13(7-9-16-2)8-10-18-12(15)6-5-11(14)17-3/h4-10H2,1-3H3. The Labute approximate surface area is 108 Å². The molecule has 6 nitrogen and oxygen atoms in total. The Morgan fingerprint density at radius 1 is 1.00 bits per heavy atom. The van der Waals surface area contributed by atoms with Crippen LogP contribution in [0, 0.1) is 0 Å². The highest BCUT2D eigenvalue weighted by molar-refractivity contribution is 5.77. The molecule has 0 fully saturated rings. The zero-order valence-electron chi connectivity index (χ0n) is 11.4. The Bertz CT molecular complexity index is 245. The number of carbonyl (C=O) groups excluding carboxylic acids is 2. The van der Waals surface area contributed by atoms with Crippen molar-refractivity contribution in [3.8, 4) is 0 Å². The molecule has 0 aliphatic heterocycles. The van der Waals surface area contributed by atoms with Gasteiger partial charge < -0.3 is 14.2 Å². The average molecular weight is 261 g/mol. The Morgan fingerprint density at radius 3 is 2.17 bits per heavy atom. The van der Waals surface area contributed by atoms with Crippen molar-refractivity contribution in [2.75, 3.05) is 47.1 Å². The zero-order chi connectivity index (χ0) is 13.8. The smallest absolute Gasteiger partial charge is 0.306 e. The van der Waals surface area contributed by atoms with Crippen LogP contribution in [0.15, 0.2) is 0 Å². The fraction of sp³-hybridized carbons (Fsp3) is 0.833. The lowest BCUT2D eigenvalue weighted by Crippen LogP contribution is -2.31. The van der Waals surface area contributed by atoms with Gasteiger partial charge in [0.15, 0.2) is 0 Å². The van der Waals surface area contributed by atoms with E-state index in [0.29, 0.717) is 19.8 Å². The molecule has 106 valence electrons. The number of ether oxygens (including phenoxy) is 3. The first kappa shape index (κ1) is 16.9. The number of nitrogens with zero attached hydrogens (tertiary/aromatic N) is 1. The Kier molecular flexibility index (Phi) is 10.3. The van der Waals surface area contributed by atoms with E-state index < -0.39 is 5.97 Å². The second-order valence-corrected chi connectivity index (χ2v) is 3.72. The van der Waals surface area contributed by atoms with Gasteiger partial charge in [0.25, 0.3) is 0 Å². The minimum Gasteiger partial charge on any atom is -0.469 e. The molecule has 0 aromatic heterocycles. The lowest BCUT2D eigenvalue weighted by molar-refractivity contribution is -0.149. The summed E-state index contributed by atoms with van der Waals surface area (Å²) >= 11 is 0. The molecule has 0 spiro atoms. The SMILES string of the molecule is CCN(CCOC)CCOC(=O)CCC(=O)OC. The van der Waals surface area contributed by atoms with Crippen molar-refractivity contribution in [1.29, 1.82) is 0 Å². The van der Waals surface area contributed by atoms with Gasteiger partial charge in [0.2, 0.25) is 0 Å². The summed E-state index contributed by atoms with van der Waals surface area (Å²) in [5, 5.41) is 0. The van der Waals surface area contributed by atoms with Crippen LogP contribution in [0.5, 0.6) is 0 Å². The topological polar surface area (TPSA) is 65.1 Å². The lowest BCUT2D eigenvalue weighted by atomic mass is 10.3. The van der Waals surface area contributed by atoms with Crippen molar-refractivity contribution in [2.45, 2.75) is 19.8 Å². The van der Waals surface area contributed by atoms with Gasteiger partial charge in [-0.15, -0.1) is 0 Å². The van der Waals surface area contributed by atoms with Gasteiger partial charge in [-0.25, -0.2) is 0 Å². The number of hydrogen-bond donors (Lipinski definition) is 0. The van der Waals surface area contributed by atoms with Crippen LogP contribution >= 0.6 is 0 Å². The fourth-order valence-electron chi connectivity index (χ4n) is 1.32. The summed E-state index contributed by atoms with van der Waals surface area (Å²) < 4.78 is 14.4. The third-order valence-corrected chi connectivity index (χ3v) is 2.49.